The molecule has 1 aromatic heterocycles. The highest BCUT2D eigenvalue weighted by atomic mass is 15.3. The van der Waals surface area contributed by atoms with Crippen LogP contribution >= 0.6 is 0 Å². The largest absolute Gasteiger partial charge is 0.356 e. The van der Waals surface area contributed by atoms with Gasteiger partial charge in [-0.15, -0.1) is 0 Å². The van der Waals surface area contributed by atoms with Crippen LogP contribution in [-0.2, 0) is 6.42 Å². The molecule has 2 aromatic rings. The van der Waals surface area contributed by atoms with Crippen molar-refractivity contribution in [1.29, 1.82) is 0 Å². The lowest BCUT2D eigenvalue weighted by atomic mass is 10.2. The maximum absolute atomic E-state index is 4.47. The molecule has 2 N–H and O–H groups in total. The summed E-state index contributed by atoms with van der Waals surface area (Å²) < 4.78 is 1.93. The van der Waals surface area contributed by atoms with Crippen LogP contribution in [0.5, 0.6) is 0 Å². The predicted octanol–water partition coefficient (Wildman–Crippen LogP) is 2.60. The van der Waals surface area contributed by atoms with Gasteiger partial charge in [0.15, 0.2) is 5.96 Å². The third-order valence-corrected chi connectivity index (χ3v) is 5.99. The molecule has 1 unspecified atom stereocenters. The zero-order valence-electron chi connectivity index (χ0n) is 16.8. The number of aliphatic imine (C=N–C) groups is 1. The molecule has 1 aliphatic heterocycles. The van der Waals surface area contributed by atoms with Crippen LogP contribution in [0.25, 0.3) is 5.69 Å². The molecule has 150 valence electrons. The Morgan fingerprint density at radius 3 is 2.79 bits per heavy atom. The molecule has 1 aromatic carbocycles. The topological polar surface area (TPSA) is 57.5 Å². The molecule has 28 heavy (non-hydrogen) atoms. The van der Waals surface area contributed by atoms with Crippen molar-refractivity contribution in [3.8, 4) is 5.69 Å². The standard InChI is InChI=1S/C22H32N6/c1-23-22(26-19-12-14-27(17-19)20-7-5-6-8-20)24-13-11-18-15-25-28(16-18)21-9-3-2-4-10-21/h2-4,9-10,15-16,19-20H,5-8,11-14,17H2,1H3,(H2,23,24,26). The summed E-state index contributed by atoms with van der Waals surface area (Å²) in [6.45, 7) is 3.21. The van der Waals surface area contributed by atoms with Gasteiger partial charge in [-0.2, -0.15) is 5.10 Å². The monoisotopic (exact) mass is 380 g/mol. The van der Waals surface area contributed by atoms with Gasteiger partial charge in [-0.1, -0.05) is 31.0 Å². The first-order valence-corrected chi connectivity index (χ1v) is 10.6. The number of rotatable bonds is 6. The van der Waals surface area contributed by atoms with Crippen LogP contribution in [0.2, 0.25) is 0 Å². The summed E-state index contributed by atoms with van der Waals surface area (Å²) in [7, 11) is 1.85. The van der Waals surface area contributed by atoms with Gasteiger partial charge >= 0.3 is 0 Å². The van der Waals surface area contributed by atoms with E-state index in [1.807, 2.05) is 36.1 Å². The van der Waals surface area contributed by atoms with Crippen molar-refractivity contribution >= 4 is 5.96 Å². The number of hydrogen-bond acceptors (Lipinski definition) is 3. The van der Waals surface area contributed by atoms with E-state index >= 15 is 0 Å². The van der Waals surface area contributed by atoms with Gasteiger partial charge in [-0.05, 0) is 43.4 Å². The van der Waals surface area contributed by atoms with Crippen LogP contribution in [-0.4, -0.2) is 59.4 Å². The number of nitrogens with zero attached hydrogens (tertiary/aromatic N) is 4. The van der Waals surface area contributed by atoms with Gasteiger partial charge in [0, 0.05) is 45.0 Å². The van der Waals surface area contributed by atoms with E-state index in [1.54, 1.807) is 0 Å². The molecule has 1 aliphatic carbocycles. The van der Waals surface area contributed by atoms with Crippen molar-refractivity contribution < 1.29 is 0 Å². The van der Waals surface area contributed by atoms with E-state index in [-0.39, 0.29) is 0 Å². The second-order valence-electron chi connectivity index (χ2n) is 7.94. The van der Waals surface area contributed by atoms with E-state index < -0.39 is 0 Å². The van der Waals surface area contributed by atoms with E-state index in [0.29, 0.717) is 6.04 Å². The van der Waals surface area contributed by atoms with Gasteiger partial charge in [0.1, 0.15) is 0 Å². The minimum Gasteiger partial charge on any atom is -0.356 e. The first-order chi connectivity index (χ1) is 13.8. The second kappa shape index (κ2) is 9.24. The molecule has 4 rings (SSSR count). The molecule has 2 fully saturated rings. The zero-order valence-corrected chi connectivity index (χ0v) is 16.8. The molecule has 2 heterocycles. The highest BCUT2D eigenvalue weighted by Crippen LogP contribution is 2.26. The Bertz CT molecular complexity index is 762. The molecule has 1 saturated heterocycles. The van der Waals surface area contributed by atoms with Crippen LogP contribution < -0.4 is 10.6 Å². The summed E-state index contributed by atoms with van der Waals surface area (Å²) in [6, 6.07) is 11.5. The molecule has 1 saturated carbocycles. The molecular weight excluding hydrogens is 348 g/mol. The fourth-order valence-corrected chi connectivity index (χ4v) is 4.43. The average Bonchev–Trinajstić information content (AvgIpc) is 3.49. The highest BCUT2D eigenvalue weighted by Gasteiger charge is 2.30. The molecular formula is C22H32N6. The van der Waals surface area contributed by atoms with E-state index in [2.05, 4.69) is 44.0 Å². The highest BCUT2D eigenvalue weighted by molar-refractivity contribution is 5.80. The molecule has 0 amide bonds. The van der Waals surface area contributed by atoms with Gasteiger partial charge < -0.3 is 10.6 Å². The van der Waals surface area contributed by atoms with E-state index in [4.69, 9.17) is 0 Å². The van der Waals surface area contributed by atoms with Gasteiger partial charge in [-0.3, -0.25) is 9.89 Å². The summed E-state index contributed by atoms with van der Waals surface area (Å²) in [6.07, 6.45) is 11.8. The summed E-state index contributed by atoms with van der Waals surface area (Å²) in [5, 5.41) is 11.5. The summed E-state index contributed by atoms with van der Waals surface area (Å²) in [5.41, 5.74) is 2.31. The lowest BCUT2D eigenvalue weighted by Crippen LogP contribution is -2.45. The van der Waals surface area contributed by atoms with E-state index in [1.165, 1.54) is 44.2 Å². The first kappa shape index (κ1) is 19.0. The maximum atomic E-state index is 4.47. The van der Waals surface area contributed by atoms with Crippen LogP contribution in [0, 0.1) is 0 Å². The lowest BCUT2D eigenvalue weighted by molar-refractivity contribution is 0.242. The molecule has 0 radical (unpaired) electrons. The van der Waals surface area contributed by atoms with Gasteiger partial charge in [-0.25, -0.2) is 4.68 Å². The molecule has 6 heteroatoms. The minimum atomic E-state index is 0.507. The molecule has 0 bridgehead atoms. The van der Waals surface area contributed by atoms with Crippen LogP contribution in [0.4, 0.5) is 0 Å². The SMILES string of the molecule is CN=C(NCCc1cnn(-c2ccccc2)c1)NC1CCN(C2CCCC2)C1. The number of nitrogens with one attached hydrogen (secondary N) is 2. The molecule has 2 aliphatic rings. The Labute approximate surface area is 168 Å². The Balaban J connectivity index is 1.21. The number of likely N-dealkylation sites (tertiary alicyclic amines) is 1. The van der Waals surface area contributed by atoms with Gasteiger partial charge in [0.05, 0.1) is 11.9 Å². The summed E-state index contributed by atoms with van der Waals surface area (Å²) >= 11 is 0. The average molecular weight is 381 g/mol. The lowest BCUT2D eigenvalue weighted by Gasteiger charge is -2.24. The Kier molecular flexibility index (Phi) is 6.27. The van der Waals surface area contributed by atoms with E-state index in [9.17, 15) is 0 Å². The van der Waals surface area contributed by atoms with Crippen molar-refractivity contribution in [3.63, 3.8) is 0 Å². The van der Waals surface area contributed by atoms with Crippen LogP contribution in [0.15, 0.2) is 47.7 Å². The molecule has 6 nitrogen and oxygen atoms in total. The number of hydrogen-bond donors (Lipinski definition) is 2. The normalized spacial score (nSPS) is 21.3. The van der Waals surface area contributed by atoms with Crippen LogP contribution in [0.1, 0.15) is 37.7 Å². The van der Waals surface area contributed by atoms with Crippen molar-refractivity contribution in [2.75, 3.05) is 26.7 Å². The summed E-state index contributed by atoms with van der Waals surface area (Å²) in [5.74, 6) is 0.911. The number of guanidine groups is 1. The fraction of sp³-hybridized carbons (Fsp3) is 0.545. The molecule has 0 spiro atoms. The third-order valence-electron chi connectivity index (χ3n) is 5.99. The van der Waals surface area contributed by atoms with Crippen molar-refractivity contribution in [2.45, 2.75) is 50.6 Å². The first-order valence-electron chi connectivity index (χ1n) is 10.6. The summed E-state index contributed by atoms with van der Waals surface area (Å²) in [4.78, 5) is 7.09. The quantitative estimate of drug-likeness (QED) is 0.597. The smallest absolute Gasteiger partial charge is 0.191 e. The Hall–Kier alpha value is -2.34. The Morgan fingerprint density at radius 2 is 2.00 bits per heavy atom. The fourth-order valence-electron chi connectivity index (χ4n) is 4.43. The van der Waals surface area contributed by atoms with Gasteiger partial charge in [0.2, 0.25) is 0 Å². The van der Waals surface area contributed by atoms with Crippen molar-refractivity contribution in [2.24, 2.45) is 4.99 Å². The maximum Gasteiger partial charge on any atom is 0.191 e. The predicted molar refractivity (Wildman–Crippen MR) is 114 cm³/mol. The van der Waals surface area contributed by atoms with Gasteiger partial charge in [0.25, 0.3) is 0 Å². The zero-order chi connectivity index (χ0) is 19.2. The third kappa shape index (κ3) is 4.73. The number of aromatic nitrogens is 2. The second-order valence-corrected chi connectivity index (χ2v) is 7.94. The molecule has 1 atom stereocenters. The van der Waals surface area contributed by atoms with Crippen LogP contribution in [0.3, 0.4) is 0 Å². The minimum absolute atomic E-state index is 0.507. The Morgan fingerprint density at radius 1 is 1.18 bits per heavy atom. The number of benzene rings is 1. The van der Waals surface area contributed by atoms with Crippen molar-refractivity contribution in [3.05, 3.63) is 48.3 Å². The van der Waals surface area contributed by atoms with E-state index in [0.717, 1.165) is 37.2 Å². The number of para-hydroxylation sites is 1. The van der Waals surface area contributed by atoms with Crippen molar-refractivity contribution in [1.82, 2.24) is 25.3 Å².